The Labute approximate surface area is 133 Å². The fourth-order valence-electron chi connectivity index (χ4n) is 2.31. The van der Waals surface area contributed by atoms with Gasteiger partial charge in [-0.3, -0.25) is 9.78 Å². The van der Waals surface area contributed by atoms with Gasteiger partial charge in [-0.1, -0.05) is 18.2 Å². The highest BCUT2D eigenvalue weighted by molar-refractivity contribution is 6.06. The van der Waals surface area contributed by atoms with E-state index in [0.717, 1.165) is 10.9 Å². The average molecular weight is 305 g/mol. The molecule has 0 spiro atoms. The number of nitrogens with one attached hydrogen (secondary N) is 2. The van der Waals surface area contributed by atoms with Crippen molar-refractivity contribution in [2.45, 2.75) is 6.92 Å². The van der Waals surface area contributed by atoms with Crippen LogP contribution in [0.4, 0.5) is 16.2 Å². The summed E-state index contributed by atoms with van der Waals surface area (Å²) in [7, 11) is 0. The van der Waals surface area contributed by atoms with E-state index in [0.29, 0.717) is 16.9 Å². The largest absolute Gasteiger partial charge is 0.323 e. The third-order valence-corrected chi connectivity index (χ3v) is 3.42. The summed E-state index contributed by atoms with van der Waals surface area (Å²) in [6.07, 6.45) is 1.71. The van der Waals surface area contributed by atoms with Gasteiger partial charge in [0, 0.05) is 22.8 Å². The number of aromatic nitrogens is 1. The van der Waals surface area contributed by atoms with Crippen molar-refractivity contribution in [2.75, 3.05) is 10.6 Å². The van der Waals surface area contributed by atoms with Gasteiger partial charge < -0.3 is 10.6 Å². The first-order valence-electron chi connectivity index (χ1n) is 7.16. The average Bonchev–Trinajstić information content (AvgIpc) is 2.55. The number of ketones is 1. The molecule has 0 unspecified atom stereocenters. The zero-order valence-corrected chi connectivity index (χ0v) is 12.5. The summed E-state index contributed by atoms with van der Waals surface area (Å²) >= 11 is 0. The van der Waals surface area contributed by atoms with E-state index in [1.54, 1.807) is 30.5 Å². The number of carbonyl (C=O) groups excluding carboxylic acids is 2. The Hall–Kier alpha value is -3.21. The first kappa shape index (κ1) is 14.7. The van der Waals surface area contributed by atoms with Crippen LogP contribution in [-0.2, 0) is 0 Å². The van der Waals surface area contributed by atoms with Crippen LogP contribution in [0.5, 0.6) is 0 Å². The molecule has 23 heavy (non-hydrogen) atoms. The predicted molar refractivity (Wildman–Crippen MR) is 90.8 cm³/mol. The Morgan fingerprint density at radius 3 is 2.61 bits per heavy atom. The number of hydrogen-bond donors (Lipinski definition) is 2. The number of nitrogens with zero attached hydrogens (tertiary/aromatic N) is 1. The maximum atomic E-state index is 12.2. The second-order valence-electron chi connectivity index (χ2n) is 5.09. The van der Waals surface area contributed by atoms with E-state index in [9.17, 15) is 9.59 Å². The van der Waals surface area contributed by atoms with E-state index in [-0.39, 0.29) is 11.8 Å². The molecule has 2 aromatic carbocycles. The van der Waals surface area contributed by atoms with Gasteiger partial charge in [0.15, 0.2) is 5.78 Å². The van der Waals surface area contributed by atoms with Gasteiger partial charge in [0.2, 0.25) is 0 Å². The molecule has 2 N–H and O–H groups in total. The second-order valence-corrected chi connectivity index (χ2v) is 5.09. The third-order valence-electron chi connectivity index (χ3n) is 3.42. The highest BCUT2D eigenvalue weighted by atomic mass is 16.2. The highest BCUT2D eigenvalue weighted by Crippen LogP contribution is 2.21. The minimum absolute atomic E-state index is 0.0471. The molecule has 0 fully saturated rings. The SMILES string of the molecule is CC(=O)c1cccc(NC(=O)Nc2cccc3ncccc23)c1. The summed E-state index contributed by atoms with van der Waals surface area (Å²) in [5.41, 5.74) is 2.60. The van der Waals surface area contributed by atoms with Crippen molar-refractivity contribution < 1.29 is 9.59 Å². The Kier molecular flexibility index (Phi) is 4.01. The van der Waals surface area contributed by atoms with Gasteiger partial charge in [0.25, 0.3) is 0 Å². The third kappa shape index (κ3) is 3.35. The van der Waals surface area contributed by atoms with Crippen molar-refractivity contribution in [3.8, 4) is 0 Å². The fourth-order valence-corrected chi connectivity index (χ4v) is 2.31. The lowest BCUT2D eigenvalue weighted by molar-refractivity contribution is 0.101. The Bertz CT molecular complexity index is 885. The van der Waals surface area contributed by atoms with Crippen LogP contribution in [-0.4, -0.2) is 16.8 Å². The molecule has 5 nitrogen and oxygen atoms in total. The second kappa shape index (κ2) is 6.27. The molecule has 0 aliphatic carbocycles. The number of fused-ring (bicyclic) bond motifs is 1. The van der Waals surface area contributed by atoms with Crippen molar-refractivity contribution in [1.82, 2.24) is 4.98 Å². The van der Waals surface area contributed by atoms with Crippen LogP contribution in [0.15, 0.2) is 60.8 Å². The van der Waals surface area contributed by atoms with E-state index in [1.165, 1.54) is 6.92 Å². The van der Waals surface area contributed by atoms with Crippen molar-refractivity contribution in [3.05, 3.63) is 66.4 Å². The van der Waals surface area contributed by atoms with E-state index in [1.807, 2.05) is 30.3 Å². The van der Waals surface area contributed by atoms with Gasteiger partial charge in [0.1, 0.15) is 0 Å². The summed E-state index contributed by atoms with van der Waals surface area (Å²) in [6, 6.07) is 15.7. The number of hydrogen-bond acceptors (Lipinski definition) is 3. The fraction of sp³-hybridized carbons (Fsp3) is 0.0556. The highest BCUT2D eigenvalue weighted by Gasteiger charge is 2.07. The van der Waals surface area contributed by atoms with Crippen molar-refractivity contribution >= 4 is 34.1 Å². The number of rotatable bonds is 3. The topological polar surface area (TPSA) is 71.1 Å². The molecule has 0 atom stereocenters. The van der Waals surface area contributed by atoms with Gasteiger partial charge in [-0.2, -0.15) is 0 Å². The molecule has 0 saturated carbocycles. The molecule has 114 valence electrons. The number of amides is 2. The molecule has 3 aromatic rings. The van der Waals surface area contributed by atoms with Gasteiger partial charge in [-0.05, 0) is 43.3 Å². The minimum atomic E-state index is -0.373. The molecule has 1 aromatic heterocycles. The van der Waals surface area contributed by atoms with E-state index < -0.39 is 0 Å². The zero-order chi connectivity index (χ0) is 16.2. The smallest absolute Gasteiger partial charge is 0.308 e. The number of benzene rings is 2. The first-order valence-corrected chi connectivity index (χ1v) is 7.16. The lowest BCUT2D eigenvalue weighted by Gasteiger charge is -2.10. The van der Waals surface area contributed by atoms with Gasteiger partial charge in [0.05, 0.1) is 11.2 Å². The lowest BCUT2D eigenvalue weighted by atomic mass is 10.1. The molecule has 3 rings (SSSR count). The molecule has 2 amide bonds. The summed E-state index contributed by atoms with van der Waals surface area (Å²) in [5, 5.41) is 6.40. The maximum absolute atomic E-state index is 12.2. The van der Waals surface area contributed by atoms with Crippen molar-refractivity contribution in [3.63, 3.8) is 0 Å². The molecular weight excluding hydrogens is 290 g/mol. The Morgan fingerprint density at radius 1 is 0.957 bits per heavy atom. The summed E-state index contributed by atoms with van der Waals surface area (Å²) in [4.78, 5) is 27.8. The summed E-state index contributed by atoms with van der Waals surface area (Å²) in [5.74, 6) is -0.0471. The van der Waals surface area contributed by atoms with Crippen LogP contribution in [0.2, 0.25) is 0 Å². The Balaban J connectivity index is 1.79. The quantitative estimate of drug-likeness (QED) is 0.716. The lowest BCUT2D eigenvalue weighted by Crippen LogP contribution is -2.19. The molecule has 0 aliphatic heterocycles. The van der Waals surface area contributed by atoms with Gasteiger partial charge in [-0.25, -0.2) is 4.79 Å². The van der Waals surface area contributed by atoms with E-state index in [2.05, 4.69) is 15.6 Å². The maximum Gasteiger partial charge on any atom is 0.323 e. The van der Waals surface area contributed by atoms with Crippen molar-refractivity contribution in [2.24, 2.45) is 0 Å². The molecule has 1 heterocycles. The number of urea groups is 1. The monoisotopic (exact) mass is 305 g/mol. The van der Waals surface area contributed by atoms with E-state index in [4.69, 9.17) is 0 Å². The van der Waals surface area contributed by atoms with Crippen LogP contribution >= 0.6 is 0 Å². The molecule has 0 aliphatic rings. The molecule has 0 saturated heterocycles. The normalized spacial score (nSPS) is 10.3. The summed E-state index contributed by atoms with van der Waals surface area (Å²) < 4.78 is 0. The van der Waals surface area contributed by atoms with Crippen LogP contribution in [0.1, 0.15) is 17.3 Å². The summed E-state index contributed by atoms with van der Waals surface area (Å²) in [6.45, 7) is 1.49. The number of anilines is 2. The number of pyridine rings is 1. The van der Waals surface area contributed by atoms with E-state index >= 15 is 0 Å². The standard InChI is InChI=1S/C18H15N3O2/c1-12(22)13-5-2-6-14(11-13)20-18(23)21-17-9-3-8-16-15(17)7-4-10-19-16/h2-11H,1H3,(H2,20,21,23). The molecular formula is C18H15N3O2. The Morgan fingerprint density at radius 2 is 1.78 bits per heavy atom. The first-order chi connectivity index (χ1) is 11.1. The number of carbonyl (C=O) groups is 2. The van der Waals surface area contributed by atoms with Crippen LogP contribution in [0, 0.1) is 0 Å². The molecule has 5 heteroatoms. The van der Waals surface area contributed by atoms with Crippen molar-refractivity contribution in [1.29, 1.82) is 0 Å². The molecule has 0 radical (unpaired) electrons. The van der Waals surface area contributed by atoms with Crippen LogP contribution in [0.25, 0.3) is 10.9 Å². The van der Waals surface area contributed by atoms with Gasteiger partial charge >= 0.3 is 6.03 Å². The van der Waals surface area contributed by atoms with Gasteiger partial charge in [-0.15, -0.1) is 0 Å². The van der Waals surface area contributed by atoms with Crippen LogP contribution in [0.3, 0.4) is 0 Å². The number of Topliss-reactive ketones (excluding diaryl/α,β-unsaturated/α-hetero) is 1. The minimum Gasteiger partial charge on any atom is -0.308 e. The zero-order valence-electron chi connectivity index (χ0n) is 12.5. The predicted octanol–water partition coefficient (Wildman–Crippen LogP) is 4.08. The molecule has 0 bridgehead atoms. The van der Waals surface area contributed by atoms with Crippen LogP contribution < -0.4 is 10.6 Å².